The molecule has 2 aliphatic heterocycles. The third kappa shape index (κ3) is 2.98. The van der Waals surface area contributed by atoms with Gasteiger partial charge in [-0.3, -0.25) is 14.1 Å². The van der Waals surface area contributed by atoms with Crippen molar-refractivity contribution in [3.63, 3.8) is 0 Å². The molecule has 1 aliphatic carbocycles. The number of fused-ring (bicyclic) bond motifs is 2. The molecule has 1 saturated heterocycles. The van der Waals surface area contributed by atoms with Crippen molar-refractivity contribution in [3.8, 4) is 16.9 Å². The molecule has 3 aromatic heterocycles. The average Bonchev–Trinajstić information content (AvgIpc) is 3.57. The minimum Gasteiger partial charge on any atom is -0.487 e. The first kappa shape index (κ1) is 21.8. The lowest BCUT2D eigenvalue weighted by Gasteiger charge is -2.22. The highest BCUT2D eigenvalue weighted by Gasteiger charge is 2.38. The third-order valence-electron chi connectivity index (χ3n) is 8.39. The maximum Gasteiger partial charge on any atom is 0.329 e. The zero-order valence-corrected chi connectivity index (χ0v) is 20.7. The molecule has 3 aliphatic rings. The molecule has 3 atom stereocenters. The van der Waals surface area contributed by atoms with Crippen molar-refractivity contribution in [1.29, 1.82) is 0 Å². The number of rotatable bonds is 3. The van der Waals surface area contributed by atoms with Crippen LogP contribution >= 0.6 is 0 Å². The Kier molecular flexibility index (Phi) is 4.70. The second-order valence-electron chi connectivity index (χ2n) is 10.6. The molecule has 7 rings (SSSR count). The molecular formula is C27H29FN6O2. The molecule has 0 radical (unpaired) electrons. The summed E-state index contributed by atoms with van der Waals surface area (Å²) < 4.78 is 25.8. The SMILES string of the molecule is CN(C)C1CCN(c2ccc(-c3c(F)cc4ncc5c6c4c3OC3CCCC3n6c(=O)n5C)cn2)C1. The number of imidazole rings is 1. The highest BCUT2D eigenvalue weighted by molar-refractivity contribution is 6.09. The van der Waals surface area contributed by atoms with Gasteiger partial charge in [0, 0.05) is 44.0 Å². The molecule has 0 spiro atoms. The summed E-state index contributed by atoms with van der Waals surface area (Å²) in [4.78, 5) is 27.1. The predicted molar refractivity (Wildman–Crippen MR) is 137 cm³/mol. The molecule has 1 aromatic carbocycles. The van der Waals surface area contributed by atoms with Gasteiger partial charge < -0.3 is 14.5 Å². The van der Waals surface area contributed by atoms with E-state index in [0.29, 0.717) is 33.8 Å². The molecule has 4 aromatic rings. The number of aryl methyl sites for hydroxylation is 1. The Hall–Kier alpha value is -3.46. The predicted octanol–water partition coefficient (Wildman–Crippen LogP) is 3.72. The smallest absolute Gasteiger partial charge is 0.329 e. The Bertz CT molecular complexity index is 1570. The minimum absolute atomic E-state index is 0.0737. The van der Waals surface area contributed by atoms with E-state index in [4.69, 9.17) is 9.72 Å². The fourth-order valence-corrected chi connectivity index (χ4v) is 6.39. The van der Waals surface area contributed by atoms with Crippen LogP contribution in [0.4, 0.5) is 10.2 Å². The van der Waals surface area contributed by atoms with Gasteiger partial charge in [0.25, 0.3) is 0 Å². The maximum absolute atomic E-state index is 15.7. The van der Waals surface area contributed by atoms with E-state index in [1.165, 1.54) is 6.07 Å². The van der Waals surface area contributed by atoms with Crippen LogP contribution in [0, 0.1) is 5.82 Å². The van der Waals surface area contributed by atoms with Crippen LogP contribution in [-0.4, -0.2) is 63.3 Å². The first-order valence-electron chi connectivity index (χ1n) is 12.7. The number of hydrogen-bond donors (Lipinski definition) is 0. The van der Waals surface area contributed by atoms with E-state index >= 15 is 4.39 Å². The van der Waals surface area contributed by atoms with Crippen molar-refractivity contribution in [1.82, 2.24) is 24.0 Å². The van der Waals surface area contributed by atoms with Crippen molar-refractivity contribution >= 4 is 27.8 Å². The molecule has 1 saturated carbocycles. The van der Waals surface area contributed by atoms with Crippen LogP contribution in [0.2, 0.25) is 0 Å². The molecule has 0 bridgehead atoms. The standard InChI is InChI=1S/C27H29FN6O2/c1-31(2)16-9-10-33(14-16)22-8-7-15(12-30-22)23-17(28)11-18-24-25-20(13-29-18)32(3)27(35)34(25)19-5-4-6-21(19)36-26(23)24/h7-8,11-13,16,19,21H,4-6,9-10,14H2,1-3H3. The molecule has 3 unspecified atom stereocenters. The summed E-state index contributed by atoms with van der Waals surface area (Å²) in [5, 5.41) is 0.702. The van der Waals surface area contributed by atoms with Gasteiger partial charge in [-0.15, -0.1) is 0 Å². The normalized spacial score (nSPS) is 23.1. The molecule has 2 fully saturated rings. The summed E-state index contributed by atoms with van der Waals surface area (Å²) in [6.07, 6.45) is 6.96. The van der Waals surface area contributed by atoms with Crippen molar-refractivity contribution in [3.05, 3.63) is 46.9 Å². The van der Waals surface area contributed by atoms with Gasteiger partial charge in [0.05, 0.1) is 39.7 Å². The van der Waals surface area contributed by atoms with E-state index in [2.05, 4.69) is 28.9 Å². The Balaban J connectivity index is 1.41. The summed E-state index contributed by atoms with van der Waals surface area (Å²) in [7, 11) is 5.98. The summed E-state index contributed by atoms with van der Waals surface area (Å²) in [6.45, 7) is 1.88. The zero-order chi connectivity index (χ0) is 24.7. The largest absolute Gasteiger partial charge is 0.487 e. The third-order valence-corrected chi connectivity index (χ3v) is 8.39. The molecule has 36 heavy (non-hydrogen) atoms. The first-order chi connectivity index (χ1) is 17.4. The van der Waals surface area contributed by atoms with Gasteiger partial charge in [-0.25, -0.2) is 14.2 Å². The number of nitrogens with zero attached hydrogens (tertiary/aromatic N) is 6. The molecule has 9 heteroatoms. The molecule has 5 heterocycles. The summed E-state index contributed by atoms with van der Waals surface area (Å²) in [5.74, 6) is 0.974. The molecule has 186 valence electrons. The Morgan fingerprint density at radius 2 is 2.00 bits per heavy atom. The van der Waals surface area contributed by atoms with E-state index < -0.39 is 5.82 Å². The number of halogens is 1. The van der Waals surface area contributed by atoms with Gasteiger partial charge in [-0.1, -0.05) is 0 Å². The van der Waals surface area contributed by atoms with Crippen LogP contribution in [-0.2, 0) is 7.05 Å². The monoisotopic (exact) mass is 488 g/mol. The number of likely N-dealkylation sites (N-methyl/N-ethyl adjacent to an activating group) is 1. The number of hydrogen-bond acceptors (Lipinski definition) is 6. The molecular weight excluding hydrogens is 459 g/mol. The lowest BCUT2D eigenvalue weighted by molar-refractivity contribution is 0.167. The van der Waals surface area contributed by atoms with Crippen LogP contribution in [0.15, 0.2) is 35.4 Å². The van der Waals surface area contributed by atoms with Crippen LogP contribution in [0.25, 0.3) is 33.1 Å². The van der Waals surface area contributed by atoms with E-state index in [9.17, 15) is 4.79 Å². The van der Waals surface area contributed by atoms with Gasteiger partial charge in [-0.2, -0.15) is 0 Å². The quantitative estimate of drug-likeness (QED) is 0.438. The van der Waals surface area contributed by atoms with Crippen LogP contribution in [0.1, 0.15) is 31.7 Å². The van der Waals surface area contributed by atoms with E-state index in [1.54, 1.807) is 24.0 Å². The maximum atomic E-state index is 15.7. The van der Waals surface area contributed by atoms with Gasteiger partial charge >= 0.3 is 5.69 Å². The highest BCUT2D eigenvalue weighted by Crippen LogP contribution is 2.47. The topological polar surface area (TPSA) is 68.4 Å². The average molecular weight is 489 g/mol. The van der Waals surface area contributed by atoms with E-state index in [-0.39, 0.29) is 17.8 Å². The molecule has 0 amide bonds. The van der Waals surface area contributed by atoms with Crippen molar-refractivity contribution in [2.45, 2.75) is 43.9 Å². The Morgan fingerprint density at radius 3 is 2.75 bits per heavy atom. The highest BCUT2D eigenvalue weighted by atomic mass is 19.1. The molecule has 8 nitrogen and oxygen atoms in total. The lowest BCUT2D eigenvalue weighted by Crippen LogP contribution is -2.31. The number of benzene rings is 1. The number of anilines is 1. The van der Waals surface area contributed by atoms with Gasteiger partial charge in [0.2, 0.25) is 0 Å². The fourth-order valence-electron chi connectivity index (χ4n) is 6.39. The van der Waals surface area contributed by atoms with Crippen LogP contribution in [0.3, 0.4) is 0 Å². The summed E-state index contributed by atoms with van der Waals surface area (Å²) in [6, 6.07) is 5.78. The number of aromatic nitrogens is 4. The number of pyridine rings is 2. The Labute approximate surface area is 207 Å². The van der Waals surface area contributed by atoms with Crippen molar-refractivity contribution in [2.24, 2.45) is 7.05 Å². The summed E-state index contributed by atoms with van der Waals surface area (Å²) in [5.41, 5.74) is 2.99. The van der Waals surface area contributed by atoms with Crippen molar-refractivity contribution < 1.29 is 9.13 Å². The van der Waals surface area contributed by atoms with Crippen LogP contribution < -0.4 is 15.3 Å². The second kappa shape index (κ2) is 7.77. The Morgan fingerprint density at radius 1 is 1.14 bits per heavy atom. The zero-order valence-electron chi connectivity index (χ0n) is 20.7. The lowest BCUT2D eigenvalue weighted by atomic mass is 10.0. The van der Waals surface area contributed by atoms with Gasteiger partial charge in [0.15, 0.2) is 0 Å². The minimum atomic E-state index is -0.394. The van der Waals surface area contributed by atoms with Gasteiger partial charge in [-0.05, 0) is 51.9 Å². The summed E-state index contributed by atoms with van der Waals surface area (Å²) >= 11 is 0. The number of ether oxygens (including phenoxy) is 1. The fraction of sp³-hybridized carbons (Fsp3) is 0.444. The second-order valence-corrected chi connectivity index (χ2v) is 10.6. The van der Waals surface area contributed by atoms with Gasteiger partial charge in [0.1, 0.15) is 23.5 Å². The molecule has 0 N–H and O–H groups in total. The van der Waals surface area contributed by atoms with E-state index in [1.807, 2.05) is 16.7 Å². The first-order valence-corrected chi connectivity index (χ1v) is 12.7. The van der Waals surface area contributed by atoms with E-state index in [0.717, 1.165) is 55.6 Å². The van der Waals surface area contributed by atoms with Crippen molar-refractivity contribution in [2.75, 3.05) is 32.1 Å². The van der Waals surface area contributed by atoms with Crippen LogP contribution in [0.5, 0.6) is 5.75 Å².